The summed E-state index contributed by atoms with van der Waals surface area (Å²) in [4.78, 5) is 2.20. The monoisotopic (exact) mass is 227 g/mol. The van der Waals surface area contributed by atoms with Gasteiger partial charge in [-0.15, -0.1) is 11.6 Å². The van der Waals surface area contributed by atoms with Crippen molar-refractivity contribution in [3.63, 3.8) is 0 Å². The molecule has 0 saturated heterocycles. The zero-order chi connectivity index (χ0) is 11.3. The highest BCUT2D eigenvalue weighted by Crippen LogP contribution is 2.18. The van der Waals surface area contributed by atoms with Crippen LogP contribution in [0, 0.1) is 5.92 Å². The fraction of sp³-hybridized carbons (Fsp3) is 0.500. The van der Waals surface area contributed by atoms with Crippen LogP contribution >= 0.6 is 11.6 Å². The third kappa shape index (κ3) is 3.63. The molecule has 1 unspecified atom stereocenters. The molecule has 0 aromatic heterocycles. The summed E-state index contributed by atoms with van der Waals surface area (Å²) in [5.74, 6) is 2.08. The number of nitrogens with zero attached hydrogens (tertiary/aromatic N) is 1. The lowest BCUT2D eigenvalue weighted by Crippen LogP contribution is -2.24. The van der Waals surface area contributed by atoms with Crippen LogP contribution in [0.4, 0.5) is 5.69 Å². The number of anilines is 1. The summed E-state index contributed by atoms with van der Waals surface area (Å²) in [7, 11) is 3.75. The fourth-order valence-corrected chi connectivity index (χ4v) is 1.56. The van der Waals surface area contributed by atoms with Crippen LogP contribution in [0.25, 0.3) is 0 Å². The van der Waals surface area contributed by atoms with Gasteiger partial charge < -0.3 is 9.64 Å². The van der Waals surface area contributed by atoms with Crippen molar-refractivity contribution in [3.8, 4) is 5.75 Å². The molecule has 3 heteroatoms. The first-order valence-corrected chi connectivity index (χ1v) is 5.62. The largest absolute Gasteiger partial charge is 0.497 e. The third-order valence-electron chi connectivity index (χ3n) is 2.36. The molecular weight excluding hydrogens is 210 g/mol. The minimum absolute atomic E-state index is 0.499. The third-order valence-corrected chi connectivity index (χ3v) is 2.89. The molecular formula is C12H18ClNO. The van der Waals surface area contributed by atoms with Gasteiger partial charge in [0.25, 0.3) is 0 Å². The molecule has 0 radical (unpaired) electrons. The van der Waals surface area contributed by atoms with Crippen LogP contribution in [0.2, 0.25) is 0 Å². The Morgan fingerprint density at radius 3 is 2.40 bits per heavy atom. The number of hydrogen-bond acceptors (Lipinski definition) is 2. The smallest absolute Gasteiger partial charge is 0.119 e. The van der Waals surface area contributed by atoms with Crippen molar-refractivity contribution in [3.05, 3.63) is 24.3 Å². The van der Waals surface area contributed by atoms with Gasteiger partial charge in [-0.3, -0.25) is 0 Å². The molecule has 1 rings (SSSR count). The predicted octanol–water partition coefficient (Wildman–Crippen LogP) is 3.01. The summed E-state index contributed by atoms with van der Waals surface area (Å²) in [5.41, 5.74) is 1.19. The first-order chi connectivity index (χ1) is 7.17. The molecule has 0 aliphatic heterocycles. The standard InChI is InChI=1S/C12H18ClNO/c1-10(8-13)9-14(2)11-4-6-12(15-3)7-5-11/h4-7,10H,8-9H2,1-3H3. The van der Waals surface area contributed by atoms with Crippen molar-refractivity contribution >= 4 is 17.3 Å². The van der Waals surface area contributed by atoms with Crippen LogP contribution in [-0.4, -0.2) is 26.6 Å². The second-order valence-corrected chi connectivity index (χ2v) is 4.15. The summed E-state index contributed by atoms with van der Waals surface area (Å²) >= 11 is 5.78. The average molecular weight is 228 g/mol. The van der Waals surface area contributed by atoms with E-state index in [1.165, 1.54) is 5.69 Å². The van der Waals surface area contributed by atoms with E-state index < -0.39 is 0 Å². The normalized spacial score (nSPS) is 12.3. The molecule has 0 saturated carbocycles. The van der Waals surface area contributed by atoms with Crippen molar-refractivity contribution < 1.29 is 4.74 Å². The second-order valence-electron chi connectivity index (χ2n) is 3.84. The number of hydrogen-bond donors (Lipinski definition) is 0. The number of rotatable bonds is 5. The molecule has 0 bridgehead atoms. The van der Waals surface area contributed by atoms with Gasteiger partial charge >= 0.3 is 0 Å². The highest BCUT2D eigenvalue weighted by Gasteiger charge is 2.05. The molecule has 0 N–H and O–H groups in total. The number of alkyl halides is 1. The number of halogens is 1. The molecule has 1 atom stereocenters. The maximum atomic E-state index is 5.78. The fourth-order valence-electron chi connectivity index (χ4n) is 1.46. The zero-order valence-electron chi connectivity index (χ0n) is 9.53. The number of methoxy groups -OCH3 is 1. The molecule has 15 heavy (non-hydrogen) atoms. The first kappa shape index (κ1) is 12.2. The Morgan fingerprint density at radius 1 is 1.33 bits per heavy atom. The van der Waals surface area contributed by atoms with E-state index in [1.54, 1.807) is 7.11 Å². The molecule has 0 heterocycles. The molecule has 0 aliphatic rings. The zero-order valence-corrected chi connectivity index (χ0v) is 10.3. The molecule has 0 amide bonds. The summed E-state index contributed by atoms with van der Waals surface area (Å²) in [6, 6.07) is 8.05. The van der Waals surface area contributed by atoms with E-state index in [-0.39, 0.29) is 0 Å². The number of ether oxygens (including phenoxy) is 1. The van der Waals surface area contributed by atoms with Crippen molar-refractivity contribution in [1.82, 2.24) is 0 Å². The molecule has 1 aromatic carbocycles. The highest BCUT2D eigenvalue weighted by atomic mass is 35.5. The Balaban J connectivity index is 2.61. The van der Waals surface area contributed by atoms with Crippen LogP contribution in [-0.2, 0) is 0 Å². The Bertz CT molecular complexity index is 286. The Morgan fingerprint density at radius 2 is 1.93 bits per heavy atom. The van der Waals surface area contributed by atoms with E-state index in [9.17, 15) is 0 Å². The van der Waals surface area contributed by atoms with Gasteiger partial charge in [0.2, 0.25) is 0 Å². The topological polar surface area (TPSA) is 12.5 Å². The molecule has 0 aliphatic carbocycles. The predicted molar refractivity (Wildman–Crippen MR) is 66.1 cm³/mol. The lowest BCUT2D eigenvalue weighted by molar-refractivity contribution is 0.415. The summed E-state index contributed by atoms with van der Waals surface area (Å²) in [5, 5.41) is 0. The average Bonchev–Trinajstić information content (AvgIpc) is 2.29. The Kier molecular flexibility index (Phi) is 4.76. The van der Waals surface area contributed by atoms with Gasteiger partial charge in [0.05, 0.1) is 7.11 Å². The minimum atomic E-state index is 0.499. The van der Waals surface area contributed by atoms with Crippen molar-refractivity contribution in [1.29, 1.82) is 0 Å². The minimum Gasteiger partial charge on any atom is -0.497 e. The van der Waals surface area contributed by atoms with Crippen molar-refractivity contribution in [2.45, 2.75) is 6.92 Å². The van der Waals surface area contributed by atoms with Gasteiger partial charge in [0.1, 0.15) is 5.75 Å². The van der Waals surface area contributed by atoms with Crippen LogP contribution < -0.4 is 9.64 Å². The molecule has 2 nitrogen and oxygen atoms in total. The molecule has 0 spiro atoms. The van der Waals surface area contributed by atoms with E-state index in [0.29, 0.717) is 11.8 Å². The first-order valence-electron chi connectivity index (χ1n) is 5.08. The number of benzene rings is 1. The van der Waals surface area contributed by atoms with E-state index >= 15 is 0 Å². The van der Waals surface area contributed by atoms with E-state index in [2.05, 4.69) is 31.0 Å². The lowest BCUT2D eigenvalue weighted by atomic mass is 10.2. The Hall–Kier alpha value is -0.890. The van der Waals surface area contributed by atoms with Crippen LogP contribution in [0.3, 0.4) is 0 Å². The van der Waals surface area contributed by atoms with E-state index in [1.807, 2.05) is 12.1 Å². The maximum Gasteiger partial charge on any atom is 0.119 e. The van der Waals surface area contributed by atoms with Gasteiger partial charge in [0, 0.05) is 25.2 Å². The van der Waals surface area contributed by atoms with E-state index in [0.717, 1.165) is 12.3 Å². The SMILES string of the molecule is COc1ccc(N(C)CC(C)CCl)cc1. The summed E-state index contributed by atoms with van der Waals surface area (Å²) in [6.07, 6.45) is 0. The highest BCUT2D eigenvalue weighted by molar-refractivity contribution is 6.18. The van der Waals surface area contributed by atoms with Crippen molar-refractivity contribution in [2.75, 3.05) is 31.5 Å². The van der Waals surface area contributed by atoms with Crippen LogP contribution in [0.5, 0.6) is 5.75 Å². The van der Waals surface area contributed by atoms with Crippen LogP contribution in [0.15, 0.2) is 24.3 Å². The lowest BCUT2D eigenvalue weighted by Gasteiger charge is -2.22. The van der Waals surface area contributed by atoms with Gasteiger partial charge in [-0.05, 0) is 30.2 Å². The van der Waals surface area contributed by atoms with Gasteiger partial charge in [-0.1, -0.05) is 6.92 Å². The van der Waals surface area contributed by atoms with E-state index in [4.69, 9.17) is 16.3 Å². The van der Waals surface area contributed by atoms with Gasteiger partial charge in [0.15, 0.2) is 0 Å². The van der Waals surface area contributed by atoms with Gasteiger partial charge in [-0.2, -0.15) is 0 Å². The second kappa shape index (κ2) is 5.86. The quantitative estimate of drug-likeness (QED) is 0.717. The van der Waals surface area contributed by atoms with Crippen molar-refractivity contribution in [2.24, 2.45) is 5.92 Å². The summed E-state index contributed by atoms with van der Waals surface area (Å²) < 4.78 is 5.11. The van der Waals surface area contributed by atoms with Crippen LogP contribution in [0.1, 0.15) is 6.92 Å². The maximum absolute atomic E-state index is 5.78. The molecule has 1 aromatic rings. The van der Waals surface area contributed by atoms with Gasteiger partial charge in [-0.25, -0.2) is 0 Å². The molecule has 84 valence electrons. The summed E-state index contributed by atoms with van der Waals surface area (Å²) in [6.45, 7) is 3.11. The molecule has 0 fully saturated rings. The Labute approximate surface area is 96.8 Å².